The summed E-state index contributed by atoms with van der Waals surface area (Å²) in [6, 6.07) is 11.5. The van der Waals surface area contributed by atoms with Gasteiger partial charge in [-0.15, -0.1) is 0 Å². The molecule has 1 aromatic heterocycles. The number of carbonyl (C=O) groups excluding carboxylic acids is 5. The molecule has 7 nitrogen and oxygen atoms in total. The molecule has 3 rings (SSSR count). The van der Waals surface area contributed by atoms with Crippen LogP contribution in [0.2, 0.25) is 0 Å². The molecule has 40 heavy (non-hydrogen) atoms. The Bertz CT molecular complexity index is 1160. The van der Waals surface area contributed by atoms with Crippen molar-refractivity contribution in [1.29, 1.82) is 0 Å². The first-order chi connectivity index (χ1) is 19.2. The lowest BCUT2D eigenvalue weighted by atomic mass is 9.80. The summed E-state index contributed by atoms with van der Waals surface area (Å²) in [4.78, 5) is 69.4. The quantitative estimate of drug-likeness (QED) is 0.238. The predicted octanol–water partition coefficient (Wildman–Crippen LogP) is 5.36. The summed E-state index contributed by atoms with van der Waals surface area (Å²) in [7, 11) is 0. The van der Waals surface area contributed by atoms with Crippen LogP contribution < -0.4 is 5.32 Å². The number of nitrogens with one attached hydrogen (secondary N) is 1. The van der Waals surface area contributed by atoms with Crippen molar-refractivity contribution in [2.75, 3.05) is 0 Å². The first-order valence-electron chi connectivity index (χ1n) is 14.5. The van der Waals surface area contributed by atoms with Crippen LogP contribution in [0.15, 0.2) is 54.9 Å². The van der Waals surface area contributed by atoms with Gasteiger partial charge in [0.15, 0.2) is 17.3 Å². The van der Waals surface area contributed by atoms with Gasteiger partial charge in [-0.25, -0.2) is 0 Å². The fourth-order valence-electron chi connectivity index (χ4n) is 5.42. The molecule has 7 heteroatoms. The van der Waals surface area contributed by atoms with E-state index in [0.29, 0.717) is 12.0 Å². The molecule has 1 fully saturated rings. The molecule has 1 aliphatic carbocycles. The highest BCUT2D eigenvalue weighted by molar-refractivity contribution is 6.38. The zero-order valence-electron chi connectivity index (χ0n) is 23.9. The summed E-state index contributed by atoms with van der Waals surface area (Å²) in [5.74, 6) is -3.05. The van der Waals surface area contributed by atoms with Crippen LogP contribution in [0.4, 0.5) is 0 Å². The number of amides is 1. The second-order valence-corrected chi connectivity index (χ2v) is 11.5. The third-order valence-corrected chi connectivity index (χ3v) is 8.01. The zero-order chi connectivity index (χ0) is 29.1. The Hall–Kier alpha value is -3.48. The van der Waals surface area contributed by atoms with Gasteiger partial charge in [0.05, 0.1) is 6.04 Å². The number of carbonyl (C=O) groups is 5. The van der Waals surface area contributed by atoms with Crippen molar-refractivity contribution in [1.82, 2.24) is 10.3 Å². The van der Waals surface area contributed by atoms with E-state index in [1.54, 1.807) is 55.7 Å². The molecule has 0 saturated heterocycles. The summed E-state index contributed by atoms with van der Waals surface area (Å²) >= 11 is 0. The first-order valence-corrected chi connectivity index (χ1v) is 14.5. The first kappa shape index (κ1) is 31.1. The molecular formula is C33H42N2O5. The molecule has 1 aliphatic rings. The van der Waals surface area contributed by atoms with Gasteiger partial charge in [0.1, 0.15) is 0 Å². The Morgan fingerprint density at radius 3 is 2.15 bits per heavy atom. The fourth-order valence-corrected chi connectivity index (χ4v) is 5.42. The van der Waals surface area contributed by atoms with Crippen molar-refractivity contribution in [3.05, 3.63) is 66.0 Å². The van der Waals surface area contributed by atoms with Gasteiger partial charge in [-0.1, -0.05) is 76.3 Å². The normalized spacial score (nSPS) is 16.1. The van der Waals surface area contributed by atoms with E-state index in [1.165, 1.54) is 6.42 Å². The van der Waals surface area contributed by atoms with Crippen LogP contribution in [-0.4, -0.2) is 40.1 Å². The van der Waals surface area contributed by atoms with Crippen molar-refractivity contribution < 1.29 is 24.0 Å². The van der Waals surface area contributed by atoms with Gasteiger partial charge < -0.3 is 5.32 Å². The molecule has 1 aromatic carbocycles. The Kier molecular flexibility index (Phi) is 11.9. The van der Waals surface area contributed by atoms with E-state index in [2.05, 4.69) is 10.3 Å². The van der Waals surface area contributed by atoms with Gasteiger partial charge in [-0.3, -0.25) is 29.0 Å². The molecule has 214 valence electrons. The van der Waals surface area contributed by atoms with Gasteiger partial charge >= 0.3 is 0 Å². The van der Waals surface area contributed by atoms with E-state index in [4.69, 9.17) is 0 Å². The number of ketones is 4. The highest BCUT2D eigenvalue weighted by Crippen LogP contribution is 2.28. The van der Waals surface area contributed by atoms with Crippen LogP contribution in [0.5, 0.6) is 0 Å². The smallest absolute Gasteiger partial charge is 0.224 e. The maximum Gasteiger partial charge on any atom is 0.224 e. The fraction of sp³-hybridized carbons (Fsp3) is 0.515. The van der Waals surface area contributed by atoms with Crippen LogP contribution in [-0.2, 0) is 25.6 Å². The van der Waals surface area contributed by atoms with Crippen molar-refractivity contribution in [2.45, 2.75) is 84.6 Å². The minimum atomic E-state index is -0.859. The second-order valence-electron chi connectivity index (χ2n) is 11.5. The summed E-state index contributed by atoms with van der Waals surface area (Å²) in [5, 5.41) is 2.78. The van der Waals surface area contributed by atoms with E-state index < -0.39 is 29.6 Å². The maximum atomic E-state index is 13.4. The second kappa shape index (κ2) is 15.3. The van der Waals surface area contributed by atoms with E-state index in [1.807, 2.05) is 19.9 Å². The van der Waals surface area contributed by atoms with Crippen LogP contribution in [0.1, 0.15) is 88.1 Å². The molecular weight excluding hydrogens is 504 g/mol. The zero-order valence-corrected chi connectivity index (χ0v) is 23.9. The number of rotatable bonds is 15. The van der Waals surface area contributed by atoms with Crippen molar-refractivity contribution in [3.63, 3.8) is 0 Å². The van der Waals surface area contributed by atoms with Gasteiger partial charge in [0, 0.05) is 49.1 Å². The molecule has 0 spiro atoms. The summed E-state index contributed by atoms with van der Waals surface area (Å²) < 4.78 is 0. The third kappa shape index (κ3) is 9.32. The number of nitrogens with zero attached hydrogens (tertiary/aromatic N) is 1. The van der Waals surface area contributed by atoms with Gasteiger partial charge in [-0.2, -0.15) is 0 Å². The lowest BCUT2D eigenvalue weighted by Gasteiger charge is -2.24. The highest BCUT2D eigenvalue weighted by Gasteiger charge is 2.33. The molecule has 1 heterocycles. The lowest BCUT2D eigenvalue weighted by molar-refractivity contribution is -0.142. The number of benzene rings is 1. The molecule has 2 aromatic rings. The minimum Gasteiger partial charge on any atom is -0.346 e. The van der Waals surface area contributed by atoms with Crippen LogP contribution in [0.3, 0.4) is 0 Å². The van der Waals surface area contributed by atoms with Crippen molar-refractivity contribution >= 4 is 29.0 Å². The van der Waals surface area contributed by atoms with Crippen molar-refractivity contribution in [3.8, 4) is 0 Å². The van der Waals surface area contributed by atoms with E-state index in [-0.39, 0.29) is 48.4 Å². The maximum absolute atomic E-state index is 13.4. The summed E-state index contributed by atoms with van der Waals surface area (Å²) in [6.45, 7) is 5.27. The summed E-state index contributed by atoms with van der Waals surface area (Å²) in [5.41, 5.74) is 1.38. The molecule has 0 bridgehead atoms. The van der Waals surface area contributed by atoms with Crippen LogP contribution in [0.25, 0.3) is 0 Å². The van der Waals surface area contributed by atoms with E-state index in [9.17, 15) is 24.0 Å². The molecule has 0 unspecified atom stereocenters. The topological polar surface area (TPSA) is 110 Å². The monoisotopic (exact) mass is 546 g/mol. The largest absolute Gasteiger partial charge is 0.346 e. The predicted molar refractivity (Wildman–Crippen MR) is 154 cm³/mol. The Morgan fingerprint density at radius 2 is 1.52 bits per heavy atom. The standard InChI is InChI=1S/C33H42N2O5/c1-22(2)28(32(39)31(38)19-24-10-6-4-7-11-24)21-29(36)23(3)35-33(40)27(18-25-14-16-34-17-15-25)20-30(37)26-12-8-5-9-13-26/h5,8-9,12-17,22-24,27-28H,4,6-7,10-11,18-21H2,1-3H3,(H,35,40)/t23-,27-,28-/m0/s1. The van der Waals surface area contributed by atoms with Gasteiger partial charge in [0.25, 0.3) is 0 Å². The molecule has 1 saturated carbocycles. The Balaban J connectivity index is 1.64. The summed E-state index contributed by atoms with van der Waals surface area (Å²) in [6.07, 6.45) is 9.03. The minimum absolute atomic E-state index is 0.0121. The third-order valence-electron chi connectivity index (χ3n) is 8.01. The van der Waals surface area contributed by atoms with Gasteiger partial charge in [0.2, 0.25) is 11.7 Å². The van der Waals surface area contributed by atoms with Gasteiger partial charge in [-0.05, 0) is 42.9 Å². The van der Waals surface area contributed by atoms with E-state index in [0.717, 1.165) is 31.2 Å². The van der Waals surface area contributed by atoms with Crippen LogP contribution in [0, 0.1) is 23.7 Å². The number of Topliss-reactive ketones (excluding diaryl/α,β-unsaturated/α-hetero) is 4. The average Bonchev–Trinajstić information content (AvgIpc) is 2.96. The lowest BCUT2D eigenvalue weighted by Crippen LogP contribution is -2.44. The molecule has 1 N–H and O–H groups in total. The number of hydrogen-bond acceptors (Lipinski definition) is 6. The Morgan fingerprint density at radius 1 is 0.875 bits per heavy atom. The van der Waals surface area contributed by atoms with Crippen LogP contribution >= 0.6 is 0 Å². The number of pyridine rings is 1. The van der Waals surface area contributed by atoms with Crippen molar-refractivity contribution in [2.24, 2.45) is 23.7 Å². The molecule has 3 atom stereocenters. The molecule has 0 aliphatic heterocycles. The molecule has 1 amide bonds. The number of hydrogen-bond donors (Lipinski definition) is 1. The van der Waals surface area contributed by atoms with E-state index >= 15 is 0 Å². The highest BCUT2D eigenvalue weighted by atomic mass is 16.2. The SMILES string of the molecule is CC(C)[C@H](CC(=O)[C@H](C)NC(=O)[C@H](CC(=O)c1ccccc1)Cc1ccncc1)C(=O)C(=O)CC1CCCCC1. The molecule has 0 radical (unpaired) electrons. The number of aromatic nitrogens is 1. The average molecular weight is 547 g/mol. The Labute approximate surface area is 237 Å².